The van der Waals surface area contributed by atoms with Gasteiger partial charge in [-0.15, -0.1) is 0 Å². The molecule has 1 unspecified atom stereocenters. The van der Waals surface area contributed by atoms with E-state index in [-0.39, 0.29) is 12.1 Å². The number of carbonyl (C=O) groups is 1. The lowest BCUT2D eigenvalue weighted by molar-refractivity contribution is -0.513. The highest BCUT2D eigenvalue weighted by molar-refractivity contribution is 6.24. The normalized spacial score (nSPS) is 30.4. The van der Waals surface area contributed by atoms with Crippen LogP contribution in [0.25, 0.3) is 0 Å². The van der Waals surface area contributed by atoms with E-state index < -0.39 is 0 Å². The van der Waals surface area contributed by atoms with Crippen LogP contribution >= 0.6 is 0 Å². The van der Waals surface area contributed by atoms with Gasteiger partial charge in [0.25, 0.3) is 0 Å². The van der Waals surface area contributed by atoms with E-state index in [1.165, 1.54) is 19.1 Å². The monoisotopic (exact) mass is 154 g/mol. The summed E-state index contributed by atoms with van der Waals surface area (Å²) in [5, 5.41) is 0. The number of fused-ring (bicyclic) bond motifs is 1. The van der Waals surface area contributed by atoms with Gasteiger partial charge in [-0.2, -0.15) is 0 Å². The lowest BCUT2D eigenvalue weighted by Gasteiger charge is -2.10. The molecule has 11 heavy (non-hydrogen) atoms. The summed E-state index contributed by atoms with van der Waals surface area (Å²) in [7, 11) is 0. The minimum absolute atomic E-state index is 0.0527. The Morgan fingerprint density at radius 1 is 1.45 bits per heavy atom. The summed E-state index contributed by atoms with van der Waals surface area (Å²) in [6.07, 6.45) is 5.94. The van der Waals surface area contributed by atoms with E-state index in [2.05, 4.69) is 0 Å². The van der Waals surface area contributed by atoms with Crippen LogP contribution in [0.2, 0.25) is 0 Å². The molecule has 1 saturated heterocycles. The van der Waals surface area contributed by atoms with E-state index >= 15 is 0 Å². The molecular formula is C8H12NO2+. The van der Waals surface area contributed by atoms with Crippen molar-refractivity contribution in [3.05, 3.63) is 0 Å². The molecule has 0 aromatic carbocycles. The van der Waals surface area contributed by atoms with E-state index in [0.717, 1.165) is 19.4 Å². The first kappa shape index (κ1) is 6.83. The van der Waals surface area contributed by atoms with Crippen LogP contribution in [0, 0.1) is 0 Å². The van der Waals surface area contributed by atoms with Crippen LogP contribution in [0.4, 0.5) is 0 Å². The van der Waals surface area contributed by atoms with Crippen LogP contribution in [-0.4, -0.2) is 29.9 Å². The maximum Gasteiger partial charge on any atom is 0.376 e. The third kappa shape index (κ3) is 1.15. The number of hydrogen-bond acceptors (Lipinski definition) is 1. The fraction of sp³-hybridized carbons (Fsp3) is 0.750. The third-order valence-electron chi connectivity index (χ3n) is 2.31. The van der Waals surface area contributed by atoms with Crippen molar-refractivity contribution < 1.29 is 9.22 Å². The average molecular weight is 154 g/mol. The highest BCUT2D eigenvalue weighted by Gasteiger charge is 2.38. The molecule has 1 amide bonds. The first-order valence-electron chi connectivity index (χ1n) is 4.17. The highest BCUT2D eigenvalue weighted by Crippen LogP contribution is 2.17. The lowest BCUT2D eigenvalue weighted by atomic mass is 10.2. The van der Waals surface area contributed by atoms with Crippen molar-refractivity contribution in [3.8, 4) is 0 Å². The minimum atomic E-state index is 0.0527. The first-order chi connectivity index (χ1) is 5.38. The fourth-order valence-corrected chi connectivity index (χ4v) is 1.68. The van der Waals surface area contributed by atoms with Gasteiger partial charge in [0, 0.05) is 6.54 Å². The number of carbonyl (C=O) groups excluding carboxylic acids is 2. The van der Waals surface area contributed by atoms with Crippen molar-refractivity contribution >= 4 is 12.2 Å². The molecule has 60 valence electrons. The second-order valence-electron chi connectivity index (χ2n) is 3.09. The third-order valence-corrected chi connectivity index (χ3v) is 2.31. The molecule has 0 N–H and O–H groups in total. The maximum atomic E-state index is 11.1. The van der Waals surface area contributed by atoms with E-state index in [0.29, 0.717) is 0 Å². The summed E-state index contributed by atoms with van der Waals surface area (Å²) in [6.45, 7) is 0.875. The smallest absolute Gasteiger partial charge is 0.259 e. The van der Waals surface area contributed by atoms with Gasteiger partial charge < -0.3 is 0 Å². The predicted molar refractivity (Wildman–Crippen MR) is 40.0 cm³/mol. The molecular weight excluding hydrogens is 142 g/mol. The Morgan fingerprint density at radius 3 is 3.27 bits per heavy atom. The second-order valence-corrected chi connectivity index (χ2v) is 3.09. The largest absolute Gasteiger partial charge is 0.376 e. The molecule has 0 aliphatic carbocycles. The second kappa shape index (κ2) is 2.64. The molecule has 0 spiro atoms. The molecule has 3 nitrogen and oxygen atoms in total. The van der Waals surface area contributed by atoms with Gasteiger partial charge in [0.05, 0.1) is 6.42 Å². The van der Waals surface area contributed by atoms with Gasteiger partial charge in [-0.3, -0.25) is 4.79 Å². The van der Waals surface area contributed by atoms with Gasteiger partial charge in [0.15, 0.2) is 0 Å². The van der Waals surface area contributed by atoms with E-state index in [1.807, 2.05) is 4.90 Å². The summed E-state index contributed by atoms with van der Waals surface area (Å²) in [4.78, 5) is 12.9. The minimum Gasteiger partial charge on any atom is -0.259 e. The zero-order valence-corrected chi connectivity index (χ0v) is 6.45. The van der Waals surface area contributed by atoms with Crippen molar-refractivity contribution in [2.75, 3.05) is 6.54 Å². The Hall–Kier alpha value is -0.860. The Morgan fingerprint density at radius 2 is 2.36 bits per heavy atom. The summed E-state index contributed by atoms with van der Waals surface area (Å²) in [5.41, 5.74) is 0. The zero-order chi connectivity index (χ0) is 7.68. The lowest BCUT2D eigenvalue weighted by Crippen LogP contribution is -2.34. The summed E-state index contributed by atoms with van der Waals surface area (Å²) >= 11 is 0. The summed E-state index contributed by atoms with van der Waals surface area (Å²) in [5.74, 6) is 0.0527. The van der Waals surface area contributed by atoms with Crippen molar-refractivity contribution in [1.29, 1.82) is 0 Å². The molecule has 1 fully saturated rings. The van der Waals surface area contributed by atoms with E-state index in [9.17, 15) is 4.79 Å². The topological polar surface area (TPSA) is 31.6 Å². The van der Waals surface area contributed by atoms with Crippen molar-refractivity contribution in [2.24, 2.45) is 0 Å². The highest BCUT2D eigenvalue weighted by atomic mass is 16.4. The Labute approximate surface area is 65.7 Å². The number of amides is 1. The van der Waals surface area contributed by atoms with Crippen molar-refractivity contribution in [2.45, 2.75) is 31.9 Å². The standard InChI is InChI=1S/C8H12NO2/c10-7-6-11-8-4-2-1-3-5-9(7)8/h6,8H,1-5H2/q+1. The molecule has 0 bridgehead atoms. The molecule has 3 heteroatoms. The molecule has 0 aromatic rings. The molecule has 2 heterocycles. The van der Waals surface area contributed by atoms with Crippen molar-refractivity contribution in [1.82, 2.24) is 4.90 Å². The fourth-order valence-electron chi connectivity index (χ4n) is 1.68. The maximum absolute atomic E-state index is 11.1. The number of nitrogens with zero attached hydrogens (tertiary/aromatic N) is 1. The van der Waals surface area contributed by atoms with Crippen LogP contribution in [0.15, 0.2) is 0 Å². The van der Waals surface area contributed by atoms with Crippen LogP contribution < -0.4 is 0 Å². The van der Waals surface area contributed by atoms with Crippen LogP contribution in [0.3, 0.4) is 0 Å². The van der Waals surface area contributed by atoms with E-state index in [1.54, 1.807) is 0 Å². The van der Waals surface area contributed by atoms with Gasteiger partial charge in [-0.05, 0) is 12.8 Å². The molecule has 0 saturated carbocycles. The molecule has 2 aliphatic heterocycles. The number of rotatable bonds is 0. The Kier molecular flexibility index (Phi) is 1.64. The molecule has 2 rings (SSSR count). The Balaban J connectivity index is 2.11. The summed E-state index contributed by atoms with van der Waals surface area (Å²) in [6, 6.07) is 0. The van der Waals surface area contributed by atoms with Crippen LogP contribution in [-0.2, 0) is 9.22 Å². The Bertz CT molecular complexity index is 200. The van der Waals surface area contributed by atoms with Gasteiger partial charge in [0.2, 0.25) is 0 Å². The van der Waals surface area contributed by atoms with Crippen molar-refractivity contribution in [3.63, 3.8) is 0 Å². The SMILES string of the molecule is O=C1C=[O+]C2CCCCCN12. The first-order valence-corrected chi connectivity index (χ1v) is 4.17. The molecule has 0 radical (unpaired) electrons. The van der Waals surface area contributed by atoms with Gasteiger partial charge in [-0.1, -0.05) is 6.42 Å². The molecule has 0 aromatic heterocycles. The molecule has 1 atom stereocenters. The van der Waals surface area contributed by atoms with Crippen LogP contribution in [0.5, 0.6) is 0 Å². The van der Waals surface area contributed by atoms with Gasteiger partial charge >= 0.3 is 18.4 Å². The quantitative estimate of drug-likeness (QED) is 0.283. The predicted octanol–water partition coefficient (Wildman–Crippen LogP) is 0.463. The number of aldehydes is 1. The summed E-state index contributed by atoms with van der Waals surface area (Å²) < 4.78 is 5.20. The number of hydrogen-bond donors (Lipinski definition) is 0. The zero-order valence-electron chi connectivity index (χ0n) is 6.45. The van der Waals surface area contributed by atoms with Crippen LogP contribution in [0.1, 0.15) is 25.7 Å². The average Bonchev–Trinajstić information content (AvgIpc) is 2.25. The van der Waals surface area contributed by atoms with E-state index in [4.69, 9.17) is 4.42 Å². The van der Waals surface area contributed by atoms with Gasteiger partial charge in [-0.25, -0.2) is 9.32 Å². The van der Waals surface area contributed by atoms with Gasteiger partial charge in [0.1, 0.15) is 0 Å². The molecule has 2 aliphatic rings.